The Labute approximate surface area is 198 Å². The summed E-state index contributed by atoms with van der Waals surface area (Å²) >= 11 is 0. The molecule has 3 aromatic rings. The fourth-order valence-electron chi connectivity index (χ4n) is 4.20. The van der Waals surface area contributed by atoms with Crippen molar-refractivity contribution in [2.75, 3.05) is 0 Å². The molecular weight excluding hydrogens is 428 g/mol. The number of carbonyl (C=O) groups excluding carboxylic acids is 1. The molecule has 0 radical (unpaired) electrons. The van der Waals surface area contributed by atoms with Gasteiger partial charge in [0, 0.05) is 12.2 Å². The number of nitrogens with one attached hydrogen (secondary N) is 1. The summed E-state index contributed by atoms with van der Waals surface area (Å²) in [6, 6.07) is 13.1. The highest BCUT2D eigenvalue weighted by atomic mass is 16.5. The molecule has 1 N–H and O–H groups in total. The number of hydrogen-bond acceptors (Lipinski definition) is 5. The Morgan fingerprint density at radius 3 is 2.65 bits per heavy atom. The van der Waals surface area contributed by atoms with Gasteiger partial charge in [0.15, 0.2) is 0 Å². The van der Waals surface area contributed by atoms with E-state index in [2.05, 4.69) is 17.2 Å². The first kappa shape index (κ1) is 23.2. The zero-order chi connectivity index (χ0) is 24.1. The lowest BCUT2D eigenvalue weighted by atomic mass is 9.95. The summed E-state index contributed by atoms with van der Waals surface area (Å²) in [4.78, 5) is 30.8. The van der Waals surface area contributed by atoms with E-state index in [9.17, 15) is 14.9 Å². The summed E-state index contributed by atoms with van der Waals surface area (Å²) < 4.78 is 7.42. The Bertz CT molecular complexity index is 1330. The minimum Gasteiger partial charge on any atom is -0.438 e. The van der Waals surface area contributed by atoms with E-state index >= 15 is 0 Å². The average Bonchev–Trinajstić information content (AvgIpc) is 2.85. The van der Waals surface area contributed by atoms with Crippen LogP contribution in [0.4, 0.5) is 0 Å². The Kier molecular flexibility index (Phi) is 7.07. The molecule has 34 heavy (non-hydrogen) atoms. The predicted molar refractivity (Wildman–Crippen MR) is 131 cm³/mol. The molecule has 1 amide bonds. The quantitative estimate of drug-likeness (QED) is 0.428. The fraction of sp³-hybridized carbons (Fsp3) is 0.333. The van der Waals surface area contributed by atoms with Gasteiger partial charge in [-0.25, -0.2) is 0 Å². The van der Waals surface area contributed by atoms with Crippen LogP contribution in [-0.4, -0.2) is 21.3 Å². The van der Waals surface area contributed by atoms with Crippen molar-refractivity contribution in [2.24, 2.45) is 0 Å². The number of nitrogens with zero attached hydrogens (tertiary/aromatic N) is 3. The van der Waals surface area contributed by atoms with Gasteiger partial charge in [-0.05, 0) is 61.6 Å². The standard InChI is InChI=1S/C27H28N4O3/c1-3-19-11-13-22(14-12-19)34-26-23(27(33)31-15-7-8-18(2)24(31)30-26)16-20(17-28)25(32)29-21-9-5-4-6-10-21/h7-8,11-16,21H,3-6,9-10H2,1-2H3,(H,29,32). The van der Waals surface area contributed by atoms with Gasteiger partial charge in [-0.3, -0.25) is 14.0 Å². The first-order chi connectivity index (χ1) is 16.5. The van der Waals surface area contributed by atoms with Crippen LogP contribution < -0.4 is 15.6 Å². The lowest BCUT2D eigenvalue weighted by molar-refractivity contribution is -0.117. The third-order valence-electron chi connectivity index (χ3n) is 6.19. The number of nitriles is 1. The number of pyridine rings is 1. The van der Waals surface area contributed by atoms with Gasteiger partial charge in [0.2, 0.25) is 5.88 Å². The molecular formula is C27H28N4O3. The van der Waals surface area contributed by atoms with Crippen LogP contribution in [0.25, 0.3) is 11.7 Å². The van der Waals surface area contributed by atoms with Gasteiger partial charge in [-0.15, -0.1) is 0 Å². The number of rotatable bonds is 6. The SMILES string of the molecule is CCc1ccc(Oc2nc3c(C)cccn3c(=O)c2C=C(C#N)C(=O)NC2CCCCC2)cc1. The first-order valence-electron chi connectivity index (χ1n) is 11.7. The van der Waals surface area contributed by atoms with E-state index in [1.165, 1.54) is 10.5 Å². The average molecular weight is 457 g/mol. The second kappa shape index (κ2) is 10.3. The van der Waals surface area contributed by atoms with E-state index < -0.39 is 11.5 Å². The number of benzene rings is 1. The van der Waals surface area contributed by atoms with Crippen LogP contribution in [0.5, 0.6) is 11.6 Å². The van der Waals surface area contributed by atoms with Crippen LogP contribution in [0.2, 0.25) is 0 Å². The third-order valence-corrected chi connectivity index (χ3v) is 6.19. The van der Waals surface area contributed by atoms with Crippen LogP contribution in [-0.2, 0) is 11.2 Å². The van der Waals surface area contributed by atoms with Gasteiger partial charge in [0.1, 0.15) is 28.6 Å². The number of aromatic nitrogens is 2. The summed E-state index contributed by atoms with van der Waals surface area (Å²) in [5.74, 6) is 0.0880. The second-order valence-corrected chi connectivity index (χ2v) is 8.60. The highest BCUT2D eigenvalue weighted by Gasteiger charge is 2.21. The van der Waals surface area contributed by atoms with Crippen molar-refractivity contribution in [2.45, 2.75) is 58.4 Å². The van der Waals surface area contributed by atoms with E-state index in [0.29, 0.717) is 11.4 Å². The lowest BCUT2D eigenvalue weighted by Crippen LogP contribution is -2.36. The maximum atomic E-state index is 13.4. The molecule has 2 heterocycles. The van der Waals surface area contributed by atoms with Crippen molar-refractivity contribution in [3.05, 3.63) is 75.2 Å². The normalized spacial score (nSPS) is 14.6. The molecule has 7 heteroatoms. The first-order valence-corrected chi connectivity index (χ1v) is 11.7. The molecule has 1 aliphatic rings. The molecule has 1 aliphatic carbocycles. The molecule has 1 fully saturated rings. The molecule has 0 spiro atoms. The summed E-state index contributed by atoms with van der Waals surface area (Å²) in [5, 5.41) is 12.7. The minimum absolute atomic E-state index is 0.0456. The van der Waals surface area contributed by atoms with Crippen LogP contribution in [0.3, 0.4) is 0 Å². The predicted octanol–water partition coefficient (Wildman–Crippen LogP) is 4.71. The summed E-state index contributed by atoms with van der Waals surface area (Å²) in [6.07, 6.45) is 8.86. The zero-order valence-electron chi connectivity index (χ0n) is 19.5. The molecule has 174 valence electrons. The summed E-state index contributed by atoms with van der Waals surface area (Å²) in [7, 11) is 0. The molecule has 0 aliphatic heterocycles. The fourth-order valence-corrected chi connectivity index (χ4v) is 4.20. The lowest BCUT2D eigenvalue weighted by Gasteiger charge is -2.22. The van der Waals surface area contributed by atoms with E-state index in [0.717, 1.165) is 49.7 Å². The Balaban J connectivity index is 1.77. The molecule has 7 nitrogen and oxygen atoms in total. The van der Waals surface area contributed by atoms with E-state index in [1.807, 2.05) is 43.3 Å². The maximum Gasteiger partial charge on any atom is 0.269 e. The van der Waals surface area contributed by atoms with Crippen molar-refractivity contribution < 1.29 is 9.53 Å². The summed E-state index contributed by atoms with van der Waals surface area (Å²) in [5.41, 5.74) is 1.90. The highest BCUT2D eigenvalue weighted by Crippen LogP contribution is 2.25. The molecule has 0 saturated heterocycles. The smallest absolute Gasteiger partial charge is 0.269 e. The molecule has 0 bridgehead atoms. The maximum absolute atomic E-state index is 13.4. The molecule has 1 saturated carbocycles. The van der Waals surface area contributed by atoms with E-state index in [4.69, 9.17) is 4.74 Å². The topological polar surface area (TPSA) is 96.5 Å². The summed E-state index contributed by atoms with van der Waals surface area (Å²) in [6.45, 7) is 3.92. The Morgan fingerprint density at radius 2 is 1.97 bits per heavy atom. The van der Waals surface area contributed by atoms with Crippen LogP contribution >= 0.6 is 0 Å². The van der Waals surface area contributed by atoms with Gasteiger partial charge in [-0.1, -0.05) is 44.4 Å². The number of amides is 1. The second-order valence-electron chi connectivity index (χ2n) is 8.60. The number of carbonyl (C=O) groups is 1. The molecule has 0 unspecified atom stereocenters. The van der Waals surface area contributed by atoms with Crippen LogP contribution in [0.15, 0.2) is 53.0 Å². The van der Waals surface area contributed by atoms with Gasteiger partial charge in [0.05, 0.1) is 0 Å². The van der Waals surface area contributed by atoms with E-state index in [1.54, 1.807) is 12.3 Å². The van der Waals surface area contributed by atoms with E-state index in [-0.39, 0.29) is 23.1 Å². The number of ether oxygens (including phenoxy) is 1. The molecule has 0 atom stereocenters. The van der Waals surface area contributed by atoms with Crippen molar-refractivity contribution in [3.63, 3.8) is 0 Å². The Hall–Kier alpha value is -3.92. The molecule has 2 aromatic heterocycles. The van der Waals surface area contributed by atoms with Crippen molar-refractivity contribution in [1.29, 1.82) is 5.26 Å². The molecule has 1 aromatic carbocycles. The monoisotopic (exact) mass is 456 g/mol. The van der Waals surface area contributed by atoms with Crippen LogP contribution in [0, 0.1) is 18.3 Å². The minimum atomic E-state index is -0.485. The highest BCUT2D eigenvalue weighted by molar-refractivity contribution is 6.02. The number of hydrogen-bond donors (Lipinski definition) is 1. The van der Waals surface area contributed by atoms with Gasteiger partial charge >= 0.3 is 0 Å². The number of aryl methyl sites for hydroxylation is 2. The van der Waals surface area contributed by atoms with Gasteiger partial charge in [0.25, 0.3) is 11.5 Å². The largest absolute Gasteiger partial charge is 0.438 e. The van der Waals surface area contributed by atoms with Crippen LogP contribution in [0.1, 0.15) is 55.7 Å². The van der Waals surface area contributed by atoms with Crippen molar-refractivity contribution >= 4 is 17.6 Å². The third kappa shape index (κ3) is 5.01. The van der Waals surface area contributed by atoms with Crippen molar-refractivity contribution in [3.8, 4) is 17.7 Å². The van der Waals surface area contributed by atoms with Gasteiger partial charge in [-0.2, -0.15) is 10.2 Å². The van der Waals surface area contributed by atoms with Gasteiger partial charge < -0.3 is 10.1 Å². The molecule has 4 rings (SSSR count). The number of fused-ring (bicyclic) bond motifs is 1. The Morgan fingerprint density at radius 1 is 1.24 bits per heavy atom. The van der Waals surface area contributed by atoms with Crippen molar-refractivity contribution in [1.82, 2.24) is 14.7 Å². The zero-order valence-corrected chi connectivity index (χ0v) is 19.5.